The van der Waals surface area contributed by atoms with Gasteiger partial charge in [-0.05, 0) is 30.7 Å². The molecule has 0 atom stereocenters. The number of thiophene rings is 1. The van der Waals surface area contributed by atoms with Gasteiger partial charge in [0.15, 0.2) is 5.96 Å². The third-order valence-electron chi connectivity index (χ3n) is 2.17. The highest BCUT2D eigenvalue weighted by Crippen LogP contribution is 2.32. The molecular weight excluding hydrogens is 302 g/mol. The zero-order valence-corrected chi connectivity index (χ0v) is 11.4. The summed E-state index contributed by atoms with van der Waals surface area (Å²) >= 11 is 4.85. The second-order valence-corrected chi connectivity index (χ2v) is 5.55. The Kier molecular flexibility index (Phi) is 3.17. The van der Waals surface area contributed by atoms with E-state index in [1.807, 2.05) is 19.1 Å². The smallest absolute Gasteiger partial charge is 0.290 e. The van der Waals surface area contributed by atoms with Crippen molar-refractivity contribution in [1.82, 2.24) is 0 Å². The zero-order chi connectivity index (χ0) is 12.6. The molecule has 1 aromatic heterocycles. The highest BCUT2D eigenvalue weighted by molar-refractivity contribution is 9.10. The van der Waals surface area contributed by atoms with Gasteiger partial charge in [0.05, 0.1) is 4.88 Å². The lowest BCUT2D eigenvalue weighted by Gasteiger charge is -1.95. The summed E-state index contributed by atoms with van der Waals surface area (Å²) in [6.07, 6.45) is 0. The fraction of sp³-hybridized carbons (Fsp3) is 0.0909. The minimum atomic E-state index is -0.407. The van der Waals surface area contributed by atoms with Gasteiger partial charge in [-0.2, -0.15) is 4.99 Å². The Hall–Kier alpha value is -1.40. The standard InChI is InChI=1S/C11H10BrN3OS/c1-5-2-7(12)6-4-9(17-8(6)3-5)10(16)15-11(13)14/h2-4H,1H3,(H4,13,14,15,16). The van der Waals surface area contributed by atoms with Gasteiger partial charge < -0.3 is 11.5 Å². The van der Waals surface area contributed by atoms with Crippen molar-refractivity contribution in [3.63, 3.8) is 0 Å². The van der Waals surface area contributed by atoms with Crippen LogP contribution in [0, 0.1) is 6.92 Å². The molecule has 17 heavy (non-hydrogen) atoms. The van der Waals surface area contributed by atoms with E-state index in [9.17, 15) is 4.79 Å². The number of nitrogens with two attached hydrogens (primary N) is 2. The van der Waals surface area contributed by atoms with E-state index in [2.05, 4.69) is 20.9 Å². The van der Waals surface area contributed by atoms with Gasteiger partial charge in [0.1, 0.15) is 0 Å². The van der Waals surface area contributed by atoms with Crippen LogP contribution in [0.5, 0.6) is 0 Å². The van der Waals surface area contributed by atoms with Gasteiger partial charge >= 0.3 is 0 Å². The highest BCUT2D eigenvalue weighted by Gasteiger charge is 2.11. The predicted molar refractivity (Wildman–Crippen MR) is 74.4 cm³/mol. The number of aryl methyl sites for hydroxylation is 1. The molecule has 2 rings (SSSR count). The SMILES string of the molecule is Cc1cc(Br)c2cc(C(=O)N=C(N)N)sc2c1. The van der Waals surface area contributed by atoms with E-state index in [1.54, 1.807) is 6.07 Å². The summed E-state index contributed by atoms with van der Waals surface area (Å²) < 4.78 is 2.00. The van der Waals surface area contributed by atoms with Crippen LogP contribution in [-0.2, 0) is 0 Å². The lowest BCUT2D eigenvalue weighted by molar-refractivity contribution is 0.101. The largest absolute Gasteiger partial charge is 0.370 e. The number of nitrogens with zero attached hydrogens (tertiary/aromatic N) is 1. The van der Waals surface area contributed by atoms with Gasteiger partial charge in [-0.1, -0.05) is 15.9 Å². The summed E-state index contributed by atoms with van der Waals surface area (Å²) in [5.74, 6) is -0.626. The minimum Gasteiger partial charge on any atom is -0.370 e. The normalized spacial score (nSPS) is 10.5. The average molecular weight is 312 g/mol. The second kappa shape index (κ2) is 4.46. The number of carbonyl (C=O) groups is 1. The highest BCUT2D eigenvalue weighted by atomic mass is 79.9. The van der Waals surface area contributed by atoms with Crippen molar-refractivity contribution in [2.24, 2.45) is 16.5 Å². The molecule has 88 valence electrons. The summed E-state index contributed by atoms with van der Waals surface area (Å²) in [5, 5.41) is 0.995. The maximum atomic E-state index is 11.7. The van der Waals surface area contributed by atoms with E-state index in [4.69, 9.17) is 11.5 Å². The van der Waals surface area contributed by atoms with E-state index < -0.39 is 5.91 Å². The molecule has 4 nitrogen and oxygen atoms in total. The Morgan fingerprint density at radius 2 is 2.06 bits per heavy atom. The molecule has 0 saturated carbocycles. The second-order valence-electron chi connectivity index (χ2n) is 3.61. The van der Waals surface area contributed by atoms with Crippen molar-refractivity contribution in [3.8, 4) is 0 Å². The van der Waals surface area contributed by atoms with Gasteiger partial charge in [0.25, 0.3) is 5.91 Å². The third-order valence-corrected chi connectivity index (χ3v) is 3.90. The molecule has 0 unspecified atom stereocenters. The Morgan fingerprint density at radius 3 is 2.71 bits per heavy atom. The van der Waals surface area contributed by atoms with Gasteiger partial charge in [0, 0.05) is 14.6 Å². The van der Waals surface area contributed by atoms with Gasteiger partial charge in [0.2, 0.25) is 0 Å². The Labute approximate surface area is 110 Å². The number of guanidine groups is 1. The summed E-state index contributed by atoms with van der Waals surface area (Å²) in [4.78, 5) is 15.7. The van der Waals surface area contributed by atoms with E-state index in [1.165, 1.54) is 11.3 Å². The van der Waals surface area contributed by atoms with Crippen LogP contribution in [0.3, 0.4) is 0 Å². The molecule has 1 heterocycles. The summed E-state index contributed by atoms with van der Waals surface area (Å²) in [7, 11) is 0. The van der Waals surface area contributed by atoms with Crippen LogP contribution in [-0.4, -0.2) is 11.9 Å². The monoisotopic (exact) mass is 311 g/mol. The third kappa shape index (κ3) is 2.48. The molecule has 0 radical (unpaired) electrons. The maximum Gasteiger partial charge on any atom is 0.290 e. The molecule has 0 aliphatic rings. The zero-order valence-electron chi connectivity index (χ0n) is 9.03. The molecule has 0 aliphatic carbocycles. The van der Waals surface area contributed by atoms with E-state index >= 15 is 0 Å². The number of halogens is 1. The van der Waals surface area contributed by atoms with Gasteiger partial charge in [-0.3, -0.25) is 4.79 Å². The molecule has 1 aromatic carbocycles. The quantitative estimate of drug-likeness (QED) is 0.626. The topological polar surface area (TPSA) is 81.5 Å². The van der Waals surface area contributed by atoms with Crippen molar-refractivity contribution in [2.45, 2.75) is 6.92 Å². The van der Waals surface area contributed by atoms with Crippen LogP contribution >= 0.6 is 27.3 Å². The van der Waals surface area contributed by atoms with Crippen LogP contribution in [0.15, 0.2) is 27.7 Å². The molecule has 1 amide bonds. The number of amides is 1. The fourth-order valence-corrected chi connectivity index (χ4v) is 3.39. The first-order valence-corrected chi connectivity index (χ1v) is 6.42. The average Bonchev–Trinajstić information content (AvgIpc) is 2.60. The number of hydrogen-bond acceptors (Lipinski definition) is 2. The number of aliphatic imine (C=N–C) groups is 1. The number of hydrogen-bond donors (Lipinski definition) is 2. The fourth-order valence-electron chi connectivity index (χ4n) is 1.50. The molecule has 6 heteroatoms. The first kappa shape index (κ1) is 12.1. The molecule has 2 aromatic rings. The van der Waals surface area contributed by atoms with Crippen LogP contribution < -0.4 is 11.5 Å². The number of carbonyl (C=O) groups excluding carboxylic acids is 1. The van der Waals surface area contributed by atoms with Gasteiger partial charge in [-0.25, -0.2) is 0 Å². The molecule has 4 N–H and O–H groups in total. The summed E-state index contributed by atoms with van der Waals surface area (Å²) in [5.41, 5.74) is 11.5. The first-order chi connectivity index (χ1) is 7.97. The predicted octanol–water partition coefficient (Wildman–Crippen LogP) is 2.39. The summed E-state index contributed by atoms with van der Waals surface area (Å²) in [6.45, 7) is 2.00. The number of fused-ring (bicyclic) bond motifs is 1. The Balaban J connectivity index is 2.55. The lowest BCUT2D eigenvalue weighted by atomic mass is 10.2. The molecule has 0 aliphatic heterocycles. The van der Waals surface area contributed by atoms with E-state index in [-0.39, 0.29) is 5.96 Å². The molecular formula is C11H10BrN3OS. The first-order valence-electron chi connectivity index (χ1n) is 4.81. The maximum absolute atomic E-state index is 11.7. The van der Waals surface area contributed by atoms with Crippen LogP contribution in [0.1, 0.15) is 15.2 Å². The van der Waals surface area contributed by atoms with Crippen molar-refractivity contribution in [3.05, 3.63) is 33.1 Å². The Morgan fingerprint density at radius 1 is 1.35 bits per heavy atom. The van der Waals surface area contributed by atoms with Crippen LogP contribution in [0.25, 0.3) is 10.1 Å². The molecule has 0 saturated heterocycles. The molecule has 0 bridgehead atoms. The molecule has 0 fully saturated rings. The van der Waals surface area contributed by atoms with E-state index in [0.29, 0.717) is 4.88 Å². The van der Waals surface area contributed by atoms with Crippen molar-refractivity contribution >= 4 is 49.2 Å². The molecule has 0 spiro atoms. The Bertz CT molecular complexity index is 629. The van der Waals surface area contributed by atoms with E-state index in [0.717, 1.165) is 20.1 Å². The van der Waals surface area contributed by atoms with Crippen molar-refractivity contribution in [2.75, 3.05) is 0 Å². The van der Waals surface area contributed by atoms with Crippen LogP contribution in [0.2, 0.25) is 0 Å². The minimum absolute atomic E-state index is 0.220. The van der Waals surface area contributed by atoms with Crippen molar-refractivity contribution < 1.29 is 4.79 Å². The summed E-state index contributed by atoms with van der Waals surface area (Å²) in [6, 6.07) is 5.82. The van der Waals surface area contributed by atoms with Crippen LogP contribution in [0.4, 0.5) is 0 Å². The number of benzene rings is 1. The van der Waals surface area contributed by atoms with Gasteiger partial charge in [-0.15, -0.1) is 11.3 Å². The number of rotatable bonds is 1. The lowest BCUT2D eigenvalue weighted by Crippen LogP contribution is -2.24. The van der Waals surface area contributed by atoms with Crippen molar-refractivity contribution in [1.29, 1.82) is 0 Å².